The van der Waals surface area contributed by atoms with Crippen LogP contribution in [0.1, 0.15) is 24.2 Å². The van der Waals surface area contributed by atoms with E-state index in [0.29, 0.717) is 5.69 Å². The molecule has 4 heteroatoms. The standard InChI is InChI=1S/C11H10FNO2/c1-6(2)13-9-4-3-7(12)5-8(9)10(14)11(13)15/h3-6H,1-2H3. The smallest absolute Gasteiger partial charge is 0.299 e. The molecule has 1 heterocycles. The molecule has 0 bridgehead atoms. The van der Waals surface area contributed by atoms with Crippen LogP contribution in [-0.2, 0) is 4.79 Å². The van der Waals surface area contributed by atoms with E-state index in [1.54, 1.807) is 0 Å². The first-order valence-corrected chi connectivity index (χ1v) is 4.70. The van der Waals surface area contributed by atoms with Crippen molar-refractivity contribution in [2.24, 2.45) is 0 Å². The second kappa shape index (κ2) is 3.15. The van der Waals surface area contributed by atoms with Gasteiger partial charge in [-0.25, -0.2) is 4.39 Å². The summed E-state index contributed by atoms with van der Waals surface area (Å²) in [7, 11) is 0. The van der Waals surface area contributed by atoms with E-state index in [1.165, 1.54) is 17.0 Å². The van der Waals surface area contributed by atoms with E-state index in [9.17, 15) is 14.0 Å². The van der Waals surface area contributed by atoms with E-state index in [2.05, 4.69) is 0 Å². The van der Waals surface area contributed by atoms with Crippen molar-refractivity contribution in [2.75, 3.05) is 4.90 Å². The molecule has 0 N–H and O–H groups in total. The van der Waals surface area contributed by atoms with Crippen molar-refractivity contribution >= 4 is 17.4 Å². The first-order chi connectivity index (χ1) is 7.02. The Morgan fingerprint density at radius 1 is 1.27 bits per heavy atom. The van der Waals surface area contributed by atoms with Crippen molar-refractivity contribution in [3.05, 3.63) is 29.6 Å². The zero-order valence-electron chi connectivity index (χ0n) is 8.45. The highest BCUT2D eigenvalue weighted by Gasteiger charge is 2.37. The van der Waals surface area contributed by atoms with Gasteiger partial charge in [0.1, 0.15) is 5.82 Å². The molecule has 0 aliphatic carbocycles. The number of fused-ring (bicyclic) bond motifs is 1. The van der Waals surface area contributed by atoms with Crippen molar-refractivity contribution in [1.29, 1.82) is 0 Å². The summed E-state index contributed by atoms with van der Waals surface area (Å²) < 4.78 is 12.9. The summed E-state index contributed by atoms with van der Waals surface area (Å²) in [5.74, 6) is -1.70. The number of halogens is 1. The van der Waals surface area contributed by atoms with Gasteiger partial charge in [-0.3, -0.25) is 9.59 Å². The number of anilines is 1. The number of nitrogens with zero attached hydrogens (tertiary/aromatic N) is 1. The maximum absolute atomic E-state index is 12.9. The summed E-state index contributed by atoms with van der Waals surface area (Å²) in [5.41, 5.74) is 0.662. The molecule has 0 atom stereocenters. The Labute approximate surface area is 86.5 Å². The fraction of sp³-hybridized carbons (Fsp3) is 0.273. The third-order valence-electron chi connectivity index (χ3n) is 2.39. The molecule has 0 aromatic heterocycles. The molecule has 0 spiro atoms. The minimum Gasteiger partial charge on any atom is -0.302 e. The van der Waals surface area contributed by atoms with Gasteiger partial charge in [-0.2, -0.15) is 0 Å². The zero-order chi connectivity index (χ0) is 11.2. The van der Waals surface area contributed by atoms with E-state index in [0.717, 1.165) is 6.07 Å². The highest BCUT2D eigenvalue weighted by molar-refractivity contribution is 6.52. The van der Waals surface area contributed by atoms with E-state index in [4.69, 9.17) is 0 Å². The molecule has 2 rings (SSSR count). The number of hydrogen-bond acceptors (Lipinski definition) is 2. The summed E-state index contributed by atoms with van der Waals surface area (Å²) in [5, 5.41) is 0. The van der Waals surface area contributed by atoms with Gasteiger partial charge >= 0.3 is 0 Å². The van der Waals surface area contributed by atoms with Gasteiger partial charge in [0, 0.05) is 6.04 Å². The molecule has 0 radical (unpaired) electrons. The van der Waals surface area contributed by atoms with Gasteiger partial charge in [-0.1, -0.05) is 0 Å². The third-order valence-corrected chi connectivity index (χ3v) is 2.39. The zero-order valence-corrected chi connectivity index (χ0v) is 8.45. The van der Waals surface area contributed by atoms with Crippen LogP contribution in [0.5, 0.6) is 0 Å². The highest BCUT2D eigenvalue weighted by Crippen LogP contribution is 2.30. The molecule has 1 aliphatic rings. The van der Waals surface area contributed by atoms with Gasteiger partial charge in [0.25, 0.3) is 11.7 Å². The second-order valence-corrected chi connectivity index (χ2v) is 3.76. The van der Waals surface area contributed by atoms with E-state index in [1.807, 2.05) is 13.8 Å². The molecule has 1 aromatic rings. The predicted molar refractivity (Wildman–Crippen MR) is 53.4 cm³/mol. The number of ketones is 1. The van der Waals surface area contributed by atoms with E-state index in [-0.39, 0.29) is 11.6 Å². The van der Waals surface area contributed by atoms with Crippen molar-refractivity contribution in [2.45, 2.75) is 19.9 Å². The maximum Gasteiger partial charge on any atom is 0.299 e. The number of Topliss-reactive ketones (excluding diaryl/α,β-unsaturated/α-hetero) is 1. The van der Waals surface area contributed by atoms with E-state index >= 15 is 0 Å². The quantitative estimate of drug-likeness (QED) is 0.658. The summed E-state index contributed by atoms with van der Waals surface area (Å²) in [6.07, 6.45) is 0. The van der Waals surface area contributed by atoms with Crippen molar-refractivity contribution in [3.63, 3.8) is 0 Å². The Bertz CT molecular complexity index is 454. The van der Waals surface area contributed by atoms with Gasteiger partial charge in [-0.05, 0) is 32.0 Å². The Morgan fingerprint density at radius 3 is 2.53 bits per heavy atom. The van der Waals surface area contributed by atoms with Crippen molar-refractivity contribution in [1.82, 2.24) is 0 Å². The number of carbonyl (C=O) groups is 2. The first-order valence-electron chi connectivity index (χ1n) is 4.70. The lowest BCUT2D eigenvalue weighted by molar-refractivity contribution is -0.114. The number of carbonyl (C=O) groups excluding carboxylic acids is 2. The van der Waals surface area contributed by atoms with Gasteiger partial charge in [0.15, 0.2) is 0 Å². The van der Waals surface area contributed by atoms with Gasteiger partial charge in [0.2, 0.25) is 0 Å². The molecule has 0 unspecified atom stereocenters. The lowest BCUT2D eigenvalue weighted by Crippen LogP contribution is -2.35. The Morgan fingerprint density at radius 2 is 1.93 bits per heavy atom. The monoisotopic (exact) mass is 207 g/mol. The maximum atomic E-state index is 12.9. The van der Waals surface area contributed by atoms with Crippen LogP contribution in [0.4, 0.5) is 10.1 Å². The van der Waals surface area contributed by atoms with Crippen LogP contribution < -0.4 is 4.90 Å². The summed E-state index contributed by atoms with van der Waals surface area (Å²) >= 11 is 0. The summed E-state index contributed by atoms with van der Waals surface area (Å²) in [6, 6.07) is 3.72. The molecule has 1 aromatic carbocycles. The molecule has 0 saturated heterocycles. The second-order valence-electron chi connectivity index (χ2n) is 3.76. The lowest BCUT2D eigenvalue weighted by atomic mass is 10.1. The van der Waals surface area contributed by atoms with Crippen molar-refractivity contribution in [3.8, 4) is 0 Å². The number of hydrogen-bond donors (Lipinski definition) is 0. The first kappa shape index (κ1) is 9.83. The van der Waals surface area contributed by atoms with Gasteiger partial charge < -0.3 is 4.90 Å². The fourth-order valence-electron chi connectivity index (χ4n) is 1.75. The third kappa shape index (κ3) is 1.33. The van der Waals surface area contributed by atoms with Gasteiger partial charge in [-0.15, -0.1) is 0 Å². The molecule has 78 valence electrons. The minimum absolute atomic E-state index is 0.104. The molecular weight excluding hydrogens is 197 g/mol. The number of rotatable bonds is 1. The van der Waals surface area contributed by atoms with Crippen LogP contribution in [0.25, 0.3) is 0 Å². The van der Waals surface area contributed by atoms with Crippen LogP contribution in [-0.4, -0.2) is 17.7 Å². The molecule has 15 heavy (non-hydrogen) atoms. The highest BCUT2D eigenvalue weighted by atomic mass is 19.1. The fourth-order valence-corrected chi connectivity index (χ4v) is 1.75. The number of amides is 1. The predicted octanol–water partition coefficient (Wildman–Crippen LogP) is 1.76. The van der Waals surface area contributed by atoms with Crippen molar-refractivity contribution < 1.29 is 14.0 Å². The van der Waals surface area contributed by atoms with Crippen LogP contribution >= 0.6 is 0 Å². The average Bonchev–Trinajstić information content (AvgIpc) is 2.41. The largest absolute Gasteiger partial charge is 0.302 e. The van der Waals surface area contributed by atoms with Crippen LogP contribution in [0.3, 0.4) is 0 Å². The SMILES string of the molecule is CC(C)N1C(=O)C(=O)c2cc(F)ccc21. The molecule has 0 fully saturated rings. The summed E-state index contributed by atoms with van der Waals surface area (Å²) in [6.45, 7) is 3.62. The summed E-state index contributed by atoms with van der Waals surface area (Å²) in [4.78, 5) is 24.5. The lowest BCUT2D eigenvalue weighted by Gasteiger charge is -2.20. The molecule has 0 saturated carbocycles. The van der Waals surface area contributed by atoms with Crippen LogP contribution in [0, 0.1) is 5.82 Å². The van der Waals surface area contributed by atoms with Crippen LogP contribution in [0.2, 0.25) is 0 Å². The Balaban J connectivity index is 2.60. The van der Waals surface area contributed by atoms with Crippen LogP contribution in [0.15, 0.2) is 18.2 Å². The Kier molecular flexibility index (Phi) is 2.07. The molecular formula is C11H10FNO2. The Hall–Kier alpha value is -1.71. The van der Waals surface area contributed by atoms with E-state index < -0.39 is 17.5 Å². The number of benzene rings is 1. The molecule has 1 aliphatic heterocycles. The minimum atomic E-state index is -0.627. The topological polar surface area (TPSA) is 37.4 Å². The van der Waals surface area contributed by atoms with Gasteiger partial charge in [0.05, 0.1) is 11.3 Å². The normalized spacial score (nSPS) is 15.1. The average molecular weight is 207 g/mol. The molecule has 1 amide bonds. The molecule has 3 nitrogen and oxygen atoms in total.